The Kier molecular flexibility index (Phi) is 7.51. The quantitative estimate of drug-likeness (QED) is 0.486. The number of hydrogen-bond acceptors (Lipinski definition) is 7. The molecular formula is C21H27N5O3S. The molecule has 0 aromatic carbocycles. The van der Waals surface area contributed by atoms with E-state index in [0.717, 1.165) is 43.5 Å². The monoisotopic (exact) mass is 429 g/mol. The van der Waals surface area contributed by atoms with E-state index in [-0.39, 0.29) is 28.9 Å². The van der Waals surface area contributed by atoms with Crippen molar-refractivity contribution in [3.05, 3.63) is 46.7 Å². The minimum atomic E-state index is -0.605. The number of carbonyl (C=O) groups is 2. The molecule has 8 nitrogen and oxygen atoms in total. The molecular weight excluding hydrogens is 402 g/mol. The molecule has 1 fully saturated rings. The van der Waals surface area contributed by atoms with Crippen molar-refractivity contribution in [2.24, 2.45) is 0 Å². The zero-order valence-electron chi connectivity index (χ0n) is 17.2. The summed E-state index contributed by atoms with van der Waals surface area (Å²) in [6.45, 7) is 9.46. The van der Waals surface area contributed by atoms with Crippen molar-refractivity contribution in [3.63, 3.8) is 0 Å². The second-order valence-electron chi connectivity index (χ2n) is 7.38. The Morgan fingerprint density at radius 3 is 2.60 bits per heavy atom. The number of aryl methyl sites for hydroxylation is 1. The number of aromatic nitrogens is 3. The smallest absolute Gasteiger partial charge is 0.275 e. The number of nitrogens with one attached hydrogen (secondary N) is 2. The van der Waals surface area contributed by atoms with Gasteiger partial charge < -0.3 is 15.1 Å². The minimum Gasteiger partial charge on any atom is -0.419 e. The number of nitrogens with zero attached hydrogens (tertiary/aromatic N) is 3. The van der Waals surface area contributed by atoms with Crippen LogP contribution in [0.4, 0.5) is 0 Å². The highest BCUT2D eigenvalue weighted by molar-refractivity contribution is 7.09. The summed E-state index contributed by atoms with van der Waals surface area (Å²) in [5.41, 5.74) is 0.317. The van der Waals surface area contributed by atoms with E-state index in [0.29, 0.717) is 5.89 Å². The largest absolute Gasteiger partial charge is 0.419 e. The SMILES string of the molecule is C=C(NC(=O)c1csc(CCC)n1)C(=O)NC(=C)c1nnc(C2CCCCCC2)o1. The lowest BCUT2D eigenvalue weighted by molar-refractivity contribution is -0.116. The van der Waals surface area contributed by atoms with Gasteiger partial charge in [0.2, 0.25) is 5.89 Å². The Labute approximate surface area is 179 Å². The van der Waals surface area contributed by atoms with Gasteiger partial charge in [-0.1, -0.05) is 45.8 Å². The second kappa shape index (κ2) is 10.3. The average molecular weight is 430 g/mol. The maximum absolute atomic E-state index is 12.4. The summed E-state index contributed by atoms with van der Waals surface area (Å²) in [5.74, 6) is -0.0899. The number of rotatable bonds is 8. The van der Waals surface area contributed by atoms with Crippen LogP contribution in [0.3, 0.4) is 0 Å². The lowest BCUT2D eigenvalue weighted by Gasteiger charge is -2.09. The molecule has 0 bridgehead atoms. The standard InChI is InChI=1S/C21H27N5O3S/c1-4-9-17-24-16(12-30-17)19(28)22-13(2)18(27)23-14(3)20-25-26-21(29-20)15-10-7-5-6-8-11-15/h12,15H,2-11H2,1H3,(H,22,28)(H,23,27). The maximum atomic E-state index is 12.4. The van der Waals surface area contributed by atoms with E-state index in [4.69, 9.17) is 4.42 Å². The molecule has 9 heteroatoms. The minimum absolute atomic E-state index is 0.116. The predicted octanol–water partition coefficient (Wildman–Crippen LogP) is 3.95. The highest BCUT2D eigenvalue weighted by Crippen LogP contribution is 2.31. The van der Waals surface area contributed by atoms with Crippen LogP contribution in [0.5, 0.6) is 0 Å². The molecule has 2 amide bonds. The van der Waals surface area contributed by atoms with Gasteiger partial charge in [-0.3, -0.25) is 9.59 Å². The van der Waals surface area contributed by atoms with Gasteiger partial charge in [-0.05, 0) is 25.7 Å². The van der Waals surface area contributed by atoms with Gasteiger partial charge in [0.1, 0.15) is 5.69 Å². The number of amides is 2. The van der Waals surface area contributed by atoms with Gasteiger partial charge in [0, 0.05) is 11.3 Å². The molecule has 0 spiro atoms. The first-order valence-corrected chi connectivity index (χ1v) is 11.1. The molecule has 1 aliphatic carbocycles. The fourth-order valence-corrected chi connectivity index (χ4v) is 4.20. The first kappa shape index (κ1) is 21.9. The van der Waals surface area contributed by atoms with Gasteiger partial charge in [-0.2, -0.15) is 0 Å². The first-order chi connectivity index (χ1) is 14.5. The molecule has 2 N–H and O–H groups in total. The third-order valence-corrected chi connectivity index (χ3v) is 5.86. The fourth-order valence-electron chi connectivity index (χ4n) is 3.32. The fraction of sp³-hybridized carbons (Fsp3) is 0.476. The Hall–Kier alpha value is -2.81. The predicted molar refractivity (Wildman–Crippen MR) is 115 cm³/mol. The molecule has 0 saturated heterocycles. The summed E-state index contributed by atoms with van der Waals surface area (Å²) in [4.78, 5) is 28.9. The van der Waals surface area contributed by atoms with Crippen LogP contribution in [-0.4, -0.2) is 27.0 Å². The van der Waals surface area contributed by atoms with Crippen LogP contribution < -0.4 is 10.6 Å². The van der Waals surface area contributed by atoms with Crippen LogP contribution in [-0.2, 0) is 11.2 Å². The zero-order chi connectivity index (χ0) is 21.5. The summed E-state index contributed by atoms with van der Waals surface area (Å²) in [5, 5.41) is 15.7. The van der Waals surface area contributed by atoms with E-state index in [9.17, 15) is 9.59 Å². The Morgan fingerprint density at radius 1 is 1.17 bits per heavy atom. The number of hydrogen-bond donors (Lipinski definition) is 2. The summed E-state index contributed by atoms with van der Waals surface area (Å²) < 4.78 is 5.74. The van der Waals surface area contributed by atoms with E-state index in [1.165, 1.54) is 24.2 Å². The topological polar surface area (TPSA) is 110 Å². The van der Waals surface area contributed by atoms with E-state index < -0.39 is 11.8 Å². The molecule has 0 unspecified atom stereocenters. The molecule has 0 atom stereocenters. The summed E-state index contributed by atoms with van der Waals surface area (Å²) in [7, 11) is 0. The van der Waals surface area contributed by atoms with Gasteiger partial charge >= 0.3 is 0 Å². The lowest BCUT2D eigenvalue weighted by atomic mass is 10.0. The molecule has 0 aliphatic heterocycles. The third-order valence-electron chi connectivity index (χ3n) is 4.95. The Balaban J connectivity index is 1.53. The molecule has 1 saturated carbocycles. The van der Waals surface area contributed by atoms with E-state index in [1.807, 2.05) is 6.92 Å². The van der Waals surface area contributed by atoms with Crippen molar-refractivity contribution in [1.82, 2.24) is 25.8 Å². The molecule has 0 radical (unpaired) electrons. The van der Waals surface area contributed by atoms with Crippen molar-refractivity contribution in [2.75, 3.05) is 0 Å². The summed E-state index contributed by atoms with van der Waals surface area (Å²) in [6, 6.07) is 0. The van der Waals surface area contributed by atoms with Crippen LogP contribution in [0.2, 0.25) is 0 Å². The van der Waals surface area contributed by atoms with Gasteiger partial charge in [-0.25, -0.2) is 4.98 Å². The Morgan fingerprint density at radius 2 is 1.90 bits per heavy atom. The first-order valence-electron chi connectivity index (χ1n) is 10.3. The van der Waals surface area contributed by atoms with Crippen molar-refractivity contribution >= 4 is 28.8 Å². The maximum Gasteiger partial charge on any atom is 0.275 e. The molecule has 2 aromatic rings. The lowest BCUT2D eigenvalue weighted by Crippen LogP contribution is -2.33. The highest BCUT2D eigenvalue weighted by atomic mass is 32.1. The van der Waals surface area contributed by atoms with Crippen LogP contribution in [0.25, 0.3) is 5.70 Å². The highest BCUT2D eigenvalue weighted by Gasteiger charge is 2.22. The Bertz CT molecular complexity index is 925. The van der Waals surface area contributed by atoms with Gasteiger partial charge in [-0.15, -0.1) is 21.5 Å². The van der Waals surface area contributed by atoms with Gasteiger partial charge in [0.25, 0.3) is 17.7 Å². The second-order valence-corrected chi connectivity index (χ2v) is 8.32. The molecule has 1 aliphatic rings. The van der Waals surface area contributed by atoms with Gasteiger partial charge in [0.15, 0.2) is 0 Å². The summed E-state index contributed by atoms with van der Waals surface area (Å²) >= 11 is 1.42. The number of thiazole rings is 1. The van der Waals surface area contributed by atoms with Crippen LogP contribution in [0.15, 0.2) is 28.7 Å². The average Bonchev–Trinajstić information content (AvgIpc) is 3.32. The van der Waals surface area contributed by atoms with E-state index in [2.05, 4.69) is 39.0 Å². The molecule has 2 heterocycles. The molecule has 3 rings (SSSR count). The molecule has 30 heavy (non-hydrogen) atoms. The van der Waals surface area contributed by atoms with Gasteiger partial charge in [0.05, 0.1) is 16.4 Å². The van der Waals surface area contributed by atoms with Crippen molar-refractivity contribution in [2.45, 2.75) is 64.2 Å². The van der Waals surface area contributed by atoms with Crippen molar-refractivity contribution in [3.8, 4) is 0 Å². The van der Waals surface area contributed by atoms with E-state index in [1.54, 1.807) is 5.38 Å². The molecule has 160 valence electrons. The van der Waals surface area contributed by atoms with Crippen LogP contribution in [0.1, 0.15) is 85.1 Å². The van der Waals surface area contributed by atoms with Crippen LogP contribution in [0, 0.1) is 0 Å². The zero-order valence-corrected chi connectivity index (χ0v) is 18.0. The van der Waals surface area contributed by atoms with Crippen molar-refractivity contribution in [1.29, 1.82) is 0 Å². The third kappa shape index (κ3) is 5.63. The van der Waals surface area contributed by atoms with Crippen molar-refractivity contribution < 1.29 is 14.0 Å². The van der Waals surface area contributed by atoms with Crippen LogP contribution >= 0.6 is 11.3 Å². The summed E-state index contributed by atoms with van der Waals surface area (Å²) in [6.07, 6.45) is 8.58. The van der Waals surface area contributed by atoms with E-state index >= 15 is 0 Å². The molecule has 2 aromatic heterocycles. The normalized spacial score (nSPS) is 14.7. The number of carbonyl (C=O) groups excluding carboxylic acids is 2.